The maximum atomic E-state index is 13.2. The number of rotatable bonds is 41. The summed E-state index contributed by atoms with van der Waals surface area (Å²) < 4.78 is 23.9. The van der Waals surface area contributed by atoms with Crippen LogP contribution in [0.4, 0.5) is 0 Å². The molecule has 0 spiro atoms. The second kappa shape index (κ2) is 38.9. The van der Waals surface area contributed by atoms with Gasteiger partial charge < -0.3 is 29.4 Å². The molecule has 3 N–H and O–H groups in total. The fourth-order valence-electron chi connectivity index (χ4n) is 8.13. The molecule has 14 heteroatoms. The number of aliphatic carboxylic acids is 1. The summed E-state index contributed by atoms with van der Waals surface area (Å²) in [7, 11) is 0. The maximum absolute atomic E-state index is 13.2. The minimum absolute atomic E-state index is 0.0778. The number of carbonyl (C=O) groups is 4. The first-order valence-electron chi connectivity index (χ1n) is 26.3. The van der Waals surface area contributed by atoms with Gasteiger partial charge in [-0.05, 0) is 77.6 Å². The van der Waals surface area contributed by atoms with E-state index in [-0.39, 0.29) is 45.6 Å². The van der Waals surface area contributed by atoms with Crippen LogP contribution in [0.15, 0.2) is 40.1 Å². The Morgan fingerprint density at radius 3 is 1.58 bits per heavy atom. The molecule has 14 nitrogen and oxygen atoms in total. The molecule has 1 unspecified atom stereocenters. The van der Waals surface area contributed by atoms with Gasteiger partial charge in [0.15, 0.2) is 12.3 Å². The number of carboxylic acid groups (broad SMARTS) is 1. The molecule has 2 heterocycles. The minimum atomic E-state index is -1.24. The Bertz CT molecular complexity index is 1620. The quantitative estimate of drug-likeness (QED) is 0.0244. The van der Waals surface area contributed by atoms with Crippen LogP contribution in [-0.4, -0.2) is 77.0 Å². The average molecular weight is 944 g/mol. The molecule has 0 amide bonds. The Morgan fingerprint density at radius 1 is 0.672 bits per heavy atom. The van der Waals surface area contributed by atoms with Crippen LogP contribution < -0.4 is 16.6 Å². The van der Waals surface area contributed by atoms with Crippen LogP contribution >= 0.6 is 0 Å². The first-order chi connectivity index (χ1) is 32.5. The largest absolute Gasteiger partial charge is 0.481 e. The van der Waals surface area contributed by atoms with Gasteiger partial charge in [0.05, 0.1) is 18.4 Å². The Hall–Kier alpha value is -4.04. The van der Waals surface area contributed by atoms with Crippen molar-refractivity contribution in [3.63, 3.8) is 0 Å². The second-order valence-electron chi connectivity index (χ2n) is 18.5. The number of aryl methyl sites for hydroxylation is 1. The molecule has 0 aromatic carbocycles. The maximum Gasteiger partial charge on any atom is 0.330 e. The van der Waals surface area contributed by atoms with E-state index in [1.54, 1.807) is 6.92 Å². The summed E-state index contributed by atoms with van der Waals surface area (Å²) in [5.41, 5.74) is -0.853. The molecule has 0 aliphatic carbocycles. The minimum Gasteiger partial charge on any atom is -0.481 e. The molecule has 1 aromatic heterocycles. The number of aromatic amines is 1. The average Bonchev–Trinajstić information content (AvgIpc) is 3.30. The zero-order valence-corrected chi connectivity index (χ0v) is 41.7. The number of carboxylic acids is 1. The van der Waals surface area contributed by atoms with Crippen molar-refractivity contribution < 1.29 is 43.2 Å². The van der Waals surface area contributed by atoms with Gasteiger partial charge in [-0.1, -0.05) is 141 Å². The highest BCUT2D eigenvalue weighted by Gasteiger charge is 2.32. The summed E-state index contributed by atoms with van der Waals surface area (Å²) in [6.45, 7) is 5.88. The lowest BCUT2D eigenvalue weighted by molar-refractivity contribution is -0.169. The Balaban J connectivity index is 1.81. The predicted octanol–water partition coefficient (Wildman–Crippen LogP) is 10.9. The van der Waals surface area contributed by atoms with Gasteiger partial charge in [-0.15, -0.1) is 0 Å². The fraction of sp³-hybridized carbons (Fsp3) is 0.774. The number of morpholine rings is 1. The molecular formula is C53H89N3O11. The number of hydrogen-bond donors (Lipinski definition) is 3. The molecule has 382 valence electrons. The van der Waals surface area contributed by atoms with E-state index in [0.29, 0.717) is 18.4 Å². The van der Waals surface area contributed by atoms with Crippen molar-refractivity contribution in [2.75, 3.05) is 26.3 Å². The van der Waals surface area contributed by atoms with E-state index in [0.717, 1.165) is 77.0 Å². The van der Waals surface area contributed by atoms with E-state index in [9.17, 15) is 33.9 Å². The third-order valence-electron chi connectivity index (χ3n) is 12.3. The molecular weight excluding hydrogens is 855 g/mol. The molecule has 0 saturated carbocycles. The van der Waals surface area contributed by atoms with Crippen LogP contribution in [0.3, 0.4) is 0 Å². The highest BCUT2D eigenvalue weighted by molar-refractivity contribution is 5.79. The van der Waals surface area contributed by atoms with E-state index in [1.165, 1.54) is 87.8 Å². The predicted molar refractivity (Wildman–Crippen MR) is 264 cm³/mol. The summed E-state index contributed by atoms with van der Waals surface area (Å²) in [4.78, 5) is 77.7. The standard InChI is InChI=1S/C53H89N3O11/c1-4-6-8-10-12-14-16-18-20-22-24-26-28-30-32-34-48(57)64-41-46(42-65-49(58)35-33-31-29-27-25-23-21-19-17-15-13-11-9-7-5-2)67-50(59)37-44(52(61)62)36-45-38-54-39-47(66-45)56-40-43(3)51(60)55-53(56)63/h18-21,40,44-47,54H,4-17,22-39,41-42H2,1-3H3,(H,61,62)(H,55,60,63)/b20-18-,21-19-/t44?,45-,47+/m0/s1. The van der Waals surface area contributed by atoms with Gasteiger partial charge in [-0.25, -0.2) is 4.79 Å². The van der Waals surface area contributed by atoms with Crippen molar-refractivity contribution in [2.24, 2.45) is 5.92 Å². The highest BCUT2D eigenvalue weighted by atomic mass is 16.6. The lowest BCUT2D eigenvalue weighted by Gasteiger charge is -2.33. The van der Waals surface area contributed by atoms with Crippen molar-refractivity contribution in [2.45, 2.75) is 232 Å². The first-order valence-corrected chi connectivity index (χ1v) is 26.3. The molecule has 1 aromatic rings. The van der Waals surface area contributed by atoms with Crippen molar-refractivity contribution >= 4 is 23.9 Å². The van der Waals surface area contributed by atoms with Gasteiger partial charge in [-0.2, -0.15) is 0 Å². The van der Waals surface area contributed by atoms with Crippen LogP contribution in [-0.2, 0) is 38.1 Å². The Labute approximate surface area is 401 Å². The normalized spacial score (nSPS) is 15.6. The molecule has 0 radical (unpaired) electrons. The van der Waals surface area contributed by atoms with E-state index < -0.39 is 65.9 Å². The van der Waals surface area contributed by atoms with Crippen molar-refractivity contribution in [1.29, 1.82) is 0 Å². The van der Waals surface area contributed by atoms with Gasteiger partial charge >= 0.3 is 29.6 Å². The number of aromatic nitrogens is 2. The molecule has 2 rings (SSSR count). The fourth-order valence-corrected chi connectivity index (χ4v) is 8.13. The zero-order valence-electron chi connectivity index (χ0n) is 41.7. The lowest BCUT2D eigenvalue weighted by atomic mass is 9.97. The number of allylic oxidation sites excluding steroid dienone is 4. The first kappa shape index (κ1) is 59.1. The van der Waals surface area contributed by atoms with Crippen LogP contribution in [0, 0.1) is 12.8 Å². The molecule has 1 saturated heterocycles. The lowest BCUT2D eigenvalue weighted by Crippen LogP contribution is -2.47. The molecule has 1 aliphatic heterocycles. The topological polar surface area (TPSA) is 192 Å². The summed E-state index contributed by atoms with van der Waals surface area (Å²) in [5, 5.41) is 13.2. The molecule has 1 fully saturated rings. The summed E-state index contributed by atoms with van der Waals surface area (Å²) in [5.74, 6) is -4.20. The number of esters is 3. The van der Waals surface area contributed by atoms with Gasteiger partial charge in [0.25, 0.3) is 5.56 Å². The number of nitrogens with zero attached hydrogens (tertiary/aromatic N) is 1. The van der Waals surface area contributed by atoms with Crippen molar-refractivity contribution in [3.05, 3.63) is 56.9 Å². The van der Waals surface area contributed by atoms with E-state index in [4.69, 9.17) is 18.9 Å². The third kappa shape index (κ3) is 30.1. The van der Waals surface area contributed by atoms with Crippen LogP contribution in [0.25, 0.3) is 0 Å². The van der Waals surface area contributed by atoms with E-state index >= 15 is 0 Å². The summed E-state index contributed by atoms with van der Waals surface area (Å²) >= 11 is 0. The number of H-pyrrole nitrogens is 1. The van der Waals surface area contributed by atoms with E-state index in [2.05, 4.69) is 48.5 Å². The Morgan fingerprint density at radius 2 is 1.12 bits per heavy atom. The van der Waals surface area contributed by atoms with E-state index in [1.807, 2.05) is 0 Å². The molecule has 67 heavy (non-hydrogen) atoms. The smallest absolute Gasteiger partial charge is 0.330 e. The van der Waals surface area contributed by atoms with Crippen LogP contribution in [0.2, 0.25) is 0 Å². The monoisotopic (exact) mass is 944 g/mol. The SMILES string of the molecule is CCCCCCCC/C=C\CCCCCCCC(=O)OCC(COC(=O)CCCCCCC/C=C\CCCCCCCC)OC(=O)CC(C[C@H]1CNC[C@H](n2cc(C)c(=O)[nH]c2=O)O1)C(=O)O. The summed E-state index contributed by atoms with van der Waals surface area (Å²) in [6.07, 6.45) is 37.5. The molecule has 0 bridgehead atoms. The van der Waals surface area contributed by atoms with Gasteiger partial charge in [-0.3, -0.25) is 33.5 Å². The Kier molecular flexibility index (Phi) is 34.3. The van der Waals surface area contributed by atoms with Gasteiger partial charge in [0.2, 0.25) is 0 Å². The van der Waals surface area contributed by atoms with Crippen molar-refractivity contribution in [3.8, 4) is 0 Å². The highest BCUT2D eigenvalue weighted by Crippen LogP contribution is 2.22. The van der Waals surface area contributed by atoms with Gasteiger partial charge in [0, 0.05) is 37.7 Å². The number of hydrogen-bond acceptors (Lipinski definition) is 11. The zero-order chi connectivity index (χ0) is 48.7. The van der Waals surface area contributed by atoms with Gasteiger partial charge in [0.1, 0.15) is 13.2 Å². The molecule has 3 atom stereocenters. The number of ether oxygens (including phenoxy) is 4. The van der Waals surface area contributed by atoms with Crippen molar-refractivity contribution in [1.82, 2.24) is 14.9 Å². The number of nitrogens with one attached hydrogen (secondary N) is 2. The number of carbonyl (C=O) groups excluding carboxylic acids is 3. The molecule has 1 aliphatic rings. The van der Waals surface area contributed by atoms with Crippen LogP contribution in [0.1, 0.15) is 218 Å². The second-order valence-corrected chi connectivity index (χ2v) is 18.5. The summed E-state index contributed by atoms with van der Waals surface area (Å²) in [6, 6.07) is 0. The third-order valence-corrected chi connectivity index (χ3v) is 12.3. The van der Waals surface area contributed by atoms with Crippen LogP contribution in [0.5, 0.6) is 0 Å². The number of unbranched alkanes of at least 4 members (excludes halogenated alkanes) is 22.